The van der Waals surface area contributed by atoms with Crippen molar-refractivity contribution in [3.05, 3.63) is 48.6 Å². The number of carbonyl (C=O) groups excluding carboxylic acids is 2. The second-order valence-corrected chi connectivity index (χ2v) is 20.5. The Morgan fingerprint density at radius 2 is 0.881 bits per heavy atom. The number of aliphatic hydroxyl groups is 3. The van der Waals surface area contributed by atoms with E-state index in [1.54, 1.807) is 0 Å². The van der Waals surface area contributed by atoms with E-state index in [0.717, 1.165) is 57.8 Å². The van der Waals surface area contributed by atoms with Gasteiger partial charge in [-0.1, -0.05) is 152 Å². The molecule has 8 atom stereocenters. The summed E-state index contributed by atoms with van der Waals surface area (Å²) in [6.07, 6.45) is 22.8. The Kier molecular flexibility index (Phi) is 34.8. The number of aliphatic hydroxyl groups excluding tert-OH is 3. The number of carbonyl (C=O) groups is 2. The number of allylic oxidation sites excluding steroid dienone is 8. The minimum atomic E-state index is -5.60. The highest BCUT2D eigenvalue weighted by Gasteiger charge is 2.56. The number of ether oxygens (including phenoxy) is 2. The van der Waals surface area contributed by atoms with Gasteiger partial charge in [-0.15, -0.1) is 0 Å². The van der Waals surface area contributed by atoms with Crippen LogP contribution in [0.3, 0.4) is 0 Å². The predicted octanol–water partition coefficient (Wildman–Crippen LogP) is 8.62. The normalized spacial score (nSPS) is 22.0. The van der Waals surface area contributed by atoms with Crippen molar-refractivity contribution in [3.8, 4) is 0 Å². The van der Waals surface area contributed by atoms with Crippen molar-refractivity contribution in [2.24, 2.45) is 0 Å². The SMILES string of the molecule is CCCCCC=CCC=CCC=CCC=CCCCC(=O)OC[C@H](COP(=O)(O)O[C@H]1C(O)C(O)C(OP(=O)(O)O)[C@@H](OP(=O)(O)O)C1O)OC(=O)CCCCCCCCCCCCCCC. The average Bonchev–Trinajstić information content (AvgIpc) is 3.25. The number of unbranched alkanes of at least 4 members (excludes halogenated alkanes) is 16. The molecule has 1 saturated carbocycles. The Balaban J connectivity index is 2.77. The van der Waals surface area contributed by atoms with Crippen LogP contribution in [-0.4, -0.2) is 108 Å². The first-order chi connectivity index (χ1) is 31.8. The molecule has 19 nitrogen and oxygen atoms in total. The van der Waals surface area contributed by atoms with E-state index in [1.807, 2.05) is 12.2 Å². The fourth-order valence-corrected chi connectivity index (χ4v) is 9.14. The lowest BCUT2D eigenvalue weighted by Crippen LogP contribution is -2.65. The lowest BCUT2D eigenvalue weighted by molar-refractivity contribution is -0.213. The van der Waals surface area contributed by atoms with E-state index in [2.05, 4.69) is 59.4 Å². The summed E-state index contributed by atoms with van der Waals surface area (Å²) >= 11 is 0. The van der Waals surface area contributed by atoms with Gasteiger partial charge in [-0.25, -0.2) is 13.7 Å². The molecule has 0 aliphatic heterocycles. The largest absolute Gasteiger partial charge is 0.472 e. The van der Waals surface area contributed by atoms with Gasteiger partial charge < -0.3 is 49.3 Å². The quantitative estimate of drug-likeness (QED) is 0.0123. The third-order valence-corrected chi connectivity index (χ3v) is 12.7. The maximum atomic E-state index is 13.1. The first kappa shape index (κ1) is 63.1. The molecule has 1 aliphatic rings. The number of phosphoric acid groups is 3. The smallest absolute Gasteiger partial charge is 0.462 e. The molecule has 5 unspecified atom stereocenters. The van der Waals surface area contributed by atoms with Crippen molar-refractivity contribution in [1.82, 2.24) is 0 Å². The zero-order valence-corrected chi connectivity index (χ0v) is 42.1. The molecule has 8 N–H and O–H groups in total. The van der Waals surface area contributed by atoms with Crippen molar-refractivity contribution in [3.63, 3.8) is 0 Å². The van der Waals surface area contributed by atoms with Crippen molar-refractivity contribution in [2.75, 3.05) is 13.2 Å². The van der Waals surface area contributed by atoms with E-state index < -0.39 is 91.3 Å². The standard InChI is InChI=1S/C45H81O19P3/c1-3-5-7-9-11-13-15-17-18-19-20-22-23-25-27-29-31-33-38(46)59-35-37(61-39(47)34-32-30-28-26-24-21-16-14-12-10-8-6-4-2)36-60-67(57,58)64-43-40(48)41(49)44(62-65(51,52)53)45(42(43)50)63-66(54,55)56/h11,13,17-18,20,22,25,27,37,40-45,48-50H,3-10,12,14-16,19,21,23-24,26,28-36H2,1-2H3,(H,57,58)(H2,51,52,53)(H2,54,55,56)/t37-,40?,41?,42?,43+,44?,45+/m1/s1. The van der Waals surface area contributed by atoms with Crippen LogP contribution in [0.4, 0.5) is 0 Å². The molecule has 0 bridgehead atoms. The number of hydrogen-bond donors (Lipinski definition) is 8. The van der Waals surface area contributed by atoms with Gasteiger partial charge in [-0.05, 0) is 51.4 Å². The Hall–Kier alpha value is -1.89. The molecule has 0 amide bonds. The fourth-order valence-electron chi connectivity index (χ4n) is 7.05. The second-order valence-electron chi connectivity index (χ2n) is 16.7. The third kappa shape index (κ3) is 33.4. The molecule has 0 spiro atoms. The first-order valence-electron chi connectivity index (χ1n) is 23.9. The van der Waals surface area contributed by atoms with E-state index in [4.69, 9.17) is 18.5 Å². The molecule has 0 radical (unpaired) electrons. The molecule has 1 aliphatic carbocycles. The molecule has 1 fully saturated rings. The molecule has 1 rings (SSSR count). The predicted molar refractivity (Wildman–Crippen MR) is 252 cm³/mol. The highest BCUT2D eigenvalue weighted by atomic mass is 31.2. The zero-order chi connectivity index (χ0) is 50.0. The van der Waals surface area contributed by atoms with E-state index in [0.29, 0.717) is 19.3 Å². The van der Waals surface area contributed by atoms with Gasteiger partial charge in [0.2, 0.25) is 0 Å². The molecule has 390 valence electrons. The highest BCUT2D eigenvalue weighted by Crippen LogP contribution is 2.51. The minimum Gasteiger partial charge on any atom is -0.462 e. The molecule has 22 heteroatoms. The van der Waals surface area contributed by atoms with Crippen LogP contribution < -0.4 is 0 Å². The van der Waals surface area contributed by atoms with E-state index in [1.165, 1.54) is 64.2 Å². The van der Waals surface area contributed by atoms with Crippen LogP contribution in [-0.2, 0) is 50.9 Å². The van der Waals surface area contributed by atoms with Crippen LogP contribution in [0.15, 0.2) is 48.6 Å². The Bertz CT molecular complexity index is 1590. The van der Waals surface area contributed by atoms with Gasteiger partial charge >= 0.3 is 35.4 Å². The lowest BCUT2D eigenvalue weighted by Gasteiger charge is -2.44. The Labute approximate surface area is 397 Å². The number of rotatable bonds is 40. The van der Waals surface area contributed by atoms with Crippen LogP contribution in [0.25, 0.3) is 0 Å². The first-order valence-corrected chi connectivity index (χ1v) is 28.5. The summed E-state index contributed by atoms with van der Waals surface area (Å²) in [5.74, 6) is -1.36. The number of phosphoric ester groups is 3. The molecule has 0 aromatic carbocycles. The van der Waals surface area contributed by atoms with Crippen LogP contribution in [0, 0.1) is 0 Å². The Morgan fingerprint density at radius 1 is 0.478 bits per heavy atom. The van der Waals surface area contributed by atoms with Crippen molar-refractivity contribution < 1.29 is 90.6 Å². The highest BCUT2D eigenvalue weighted by molar-refractivity contribution is 7.47. The average molecular weight is 1020 g/mol. The molecule has 67 heavy (non-hydrogen) atoms. The summed E-state index contributed by atoms with van der Waals surface area (Å²) in [5.41, 5.74) is 0. The van der Waals surface area contributed by atoms with E-state index in [9.17, 15) is 63.1 Å². The van der Waals surface area contributed by atoms with Crippen molar-refractivity contribution in [1.29, 1.82) is 0 Å². The molecule has 0 saturated heterocycles. The fraction of sp³-hybridized carbons (Fsp3) is 0.778. The molecular formula is C45H81O19P3. The summed E-state index contributed by atoms with van der Waals surface area (Å²) in [4.78, 5) is 73.1. The molecule has 0 aromatic rings. The maximum absolute atomic E-state index is 13.1. The van der Waals surface area contributed by atoms with Crippen molar-refractivity contribution >= 4 is 35.4 Å². The monoisotopic (exact) mass is 1020 g/mol. The van der Waals surface area contributed by atoms with Gasteiger partial charge in [-0.3, -0.25) is 27.7 Å². The van der Waals surface area contributed by atoms with Crippen LogP contribution in [0.5, 0.6) is 0 Å². The maximum Gasteiger partial charge on any atom is 0.472 e. The summed E-state index contributed by atoms with van der Waals surface area (Å²) in [7, 11) is -16.6. The summed E-state index contributed by atoms with van der Waals surface area (Å²) in [6.45, 7) is 2.86. The van der Waals surface area contributed by atoms with E-state index >= 15 is 0 Å². The molecule has 0 heterocycles. The van der Waals surface area contributed by atoms with Gasteiger partial charge in [0.25, 0.3) is 0 Å². The Morgan fingerprint density at radius 3 is 1.37 bits per heavy atom. The second kappa shape index (κ2) is 37.0. The zero-order valence-electron chi connectivity index (χ0n) is 39.5. The van der Waals surface area contributed by atoms with Crippen molar-refractivity contribution in [2.45, 2.75) is 211 Å². The summed E-state index contributed by atoms with van der Waals surface area (Å²) in [5, 5.41) is 31.9. The molecule has 0 aromatic heterocycles. The summed E-state index contributed by atoms with van der Waals surface area (Å²) in [6, 6.07) is 0. The van der Waals surface area contributed by atoms with E-state index in [-0.39, 0.29) is 12.8 Å². The topological polar surface area (TPSA) is 303 Å². The van der Waals surface area contributed by atoms with Gasteiger partial charge in [0, 0.05) is 12.8 Å². The van der Waals surface area contributed by atoms with Crippen LogP contribution in [0.2, 0.25) is 0 Å². The number of esters is 2. The van der Waals surface area contributed by atoms with Gasteiger partial charge in [-0.2, -0.15) is 0 Å². The minimum absolute atomic E-state index is 0.00443. The van der Waals surface area contributed by atoms with Gasteiger partial charge in [0.1, 0.15) is 43.2 Å². The van der Waals surface area contributed by atoms with Gasteiger partial charge in [0.15, 0.2) is 6.10 Å². The van der Waals surface area contributed by atoms with Gasteiger partial charge in [0.05, 0.1) is 6.61 Å². The van der Waals surface area contributed by atoms with Crippen LogP contribution in [0.1, 0.15) is 168 Å². The van der Waals surface area contributed by atoms with Crippen LogP contribution >= 0.6 is 23.5 Å². The summed E-state index contributed by atoms with van der Waals surface area (Å²) < 4.78 is 65.4. The molecular weight excluding hydrogens is 937 g/mol. The number of hydrogen-bond acceptors (Lipinski definition) is 14. The lowest BCUT2D eigenvalue weighted by atomic mass is 9.85. The third-order valence-electron chi connectivity index (χ3n) is 10.6.